The molecule has 0 aliphatic carbocycles. The van der Waals surface area contributed by atoms with Gasteiger partial charge >= 0.3 is 0 Å². The third kappa shape index (κ3) is 9.92. The molecule has 2 aromatic heterocycles. The summed E-state index contributed by atoms with van der Waals surface area (Å²) in [5.74, 6) is 0. The van der Waals surface area contributed by atoms with Crippen molar-refractivity contribution in [3.05, 3.63) is 362 Å². The van der Waals surface area contributed by atoms with Crippen LogP contribution < -0.4 is 26.2 Å². The Kier molecular flexibility index (Phi) is 14.2. The fourth-order valence-electron chi connectivity index (χ4n) is 16.5. The van der Waals surface area contributed by atoms with Crippen molar-refractivity contribution in [2.75, 3.05) is 9.80 Å². The zero-order valence-electron chi connectivity index (χ0n) is 57.1. The summed E-state index contributed by atoms with van der Waals surface area (Å²) in [6.45, 7) is 15.5. The molecule has 0 spiro atoms. The van der Waals surface area contributed by atoms with E-state index in [1.807, 2.05) is 0 Å². The molecule has 2 aliphatic heterocycles. The minimum Gasteiger partial charge on any atom is -0.310 e. The topological polar surface area (TPSA) is 44.5 Å². The summed E-state index contributed by atoms with van der Waals surface area (Å²) >= 11 is 0. The van der Waals surface area contributed by atoms with Gasteiger partial charge in [-0.15, -0.1) is 0 Å². The van der Waals surface area contributed by atoms with Crippen LogP contribution in [0.25, 0.3) is 127 Å². The maximum atomic E-state index is 11.2. The Balaban J connectivity index is 0.977. The van der Waals surface area contributed by atoms with Crippen LogP contribution in [-0.2, 0) is 5.41 Å². The average Bonchev–Trinajstić information content (AvgIpc) is 1.12. The second-order valence-electron chi connectivity index (χ2n) is 28.2. The van der Waals surface area contributed by atoms with E-state index in [1.165, 1.54) is 10.8 Å². The first kappa shape index (κ1) is 60.7. The standard InChI is InChI=1S/C96H65BN6/c1-96(2,3)71-55-91-93-92(56-71)103(95-79(67-35-19-9-20-36-67)57-72(99-4)58-80(95)68-37-21-10-22-38-68)90-60-74(101-87-49-43-69(63-27-11-5-12-28-63)53-81(87)82-54-70(44-50-88(82)101)64-29-13-6-14-30-64)46-48-84(90)97(93)83-47-45-73(100-85-41-25-23-39-75(85)76-40-24-26-42-86(76)100)59-89(83)102(91)94-77(65-31-15-7-16-32-65)51-62(61-98)52-78(94)66-33-17-8-18-34-66/h5-60H,1-3H3. The molecule has 19 rings (SSSR count). The second-order valence-corrected chi connectivity index (χ2v) is 28.2. The monoisotopic (exact) mass is 1310 g/mol. The normalized spacial score (nSPS) is 12.3. The molecule has 6 nitrogen and oxygen atoms in total. The van der Waals surface area contributed by atoms with Gasteiger partial charge in [0.1, 0.15) is 0 Å². The lowest BCUT2D eigenvalue weighted by atomic mass is 9.33. The number of rotatable bonds is 10. The number of benzene rings is 15. The Morgan fingerprint density at radius 2 is 0.680 bits per heavy atom. The summed E-state index contributed by atoms with van der Waals surface area (Å²) in [6.07, 6.45) is 0. The molecule has 482 valence electrons. The first-order chi connectivity index (χ1) is 50.6. The molecule has 0 bridgehead atoms. The van der Waals surface area contributed by atoms with Gasteiger partial charge in [-0.25, -0.2) is 4.85 Å². The third-order valence-electron chi connectivity index (χ3n) is 21.2. The van der Waals surface area contributed by atoms with Gasteiger partial charge in [0.05, 0.1) is 51.6 Å². The number of aromatic nitrogens is 2. The highest BCUT2D eigenvalue weighted by Gasteiger charge is 2.46. The summed E-state index contributed by atoms with van der Waals surface area (Å²) < 4.78 is 4.92. The van der Waals surface area contributed by atoms with Crippen molar-refractivity contribution in [2.24, 2.45) is 0 Å². The van der Waals surface area contributed by atoms with Gasteiger partial charge in [-0.3, -0.25) is 0 Å². The van der Waals surface area contributed by atoms with Crippen molar-refractivity contribution in [3.63, 3.8) is 0 Å². The number of nitrogens with zero attached hydrogens (tertiary/aromatic N) is 6. The molecule has 103 heavy (non-hydrogen) atoms. The summed E-state index contributed by atoms with van der Waals surface area (Å²) in [7, 11) is 0. The van der Waals surface area contributed by atoms with Crippen molar-refractivity contribution in [2.45, 2.75) is 26.2 Å². The molecule has 2 aliphatic rings. The number of anilines is 6. The third-order valence-corrected chi connectivity index (χ3v) is 21.2. The van der Waals surface area contributed by atoms with Crippen LogP contribution in [0.1, 0.15) is 31.9 Å². The average molecular weight is 1310 g/mol. The number of nitriles is 1. The van der Waals surface area contributed by atoms with E-state index in [4.69, 9.17) is 6.57 Å². The van der Waals surface area contributed by atoms with E-state index in [0.29, 0.717) is 11.3 Å². The van der Waals surface area contributed by atoms with E-state index in [2.05, 4.69) is 390 Å². The molecule has 0 atom stereocenters. The van der Waals surface area contributed by atoms with Crippen molar-refractivity contribution in [3.8, 4) is 84.2 Å². The van der Waals surface area contributed by atoms with Crippen LogP contribution in [0.15, 0.2) is 340 Å². The smallest absolute Gasteiger partial charge is 0.252 e. The maximum absolute atomic E-state index is 11.2. The van der Waals surface area contributed by atoms with Crippen LogP contribution in [0.2, 0.25) is 0 Å². The molecule has 15 aromatic carbocycles. The molecule has 0 fully saturated rings. The van der Waals surface area contributed by atoms with E-state index in [-0.39, 0.29) is 6.71 Å². The van der Waals surface area contributed by atoms with Gasteiger partial charge < -0.3 is 18.9 Å². The minimum absolute atomic E-state index is 0.334. The molecule has 0 unspecified atom stereocenters. The van der Waals surface area contributed by atoms with Crippen LogP contribution in [0.3, 0.4) is 0 Å². The summed E-state index contributed by atoms with van der Waals surface area (Å²) in [4.78, 5) is 9.43. The molecular formula is C96H65BN6. The summed E-state index contributed by atoms with van der Waals surface area (Å²) in [5, 5.41) is 15.9. The first-order valence-electron chi connectivity index (χ1n) is 35.3. The fraction of sp³-hybridized carbons (Fsp3) is 0.0417. The molecule has 0 saturated carbocycles. The minimum atomic E-state index is -0.403. The lowest BCUT2D eigenvalue weighted by Crippen LogP contribution is -2.61. The highest BCUT2D eigenvalue weighted by atomic mass is 15.2. The zero-order chi connectivity index (χ0) is 69.0. The number of hydrogen-bond acceptors (Lipinski definition) is 3. The molecule has 0 saturated heterocycles. The van der Waals surface area contributed by atoms with Gasteiger partial charge in [-0.1, -0.05) is 263 Å². The fourth-order valence-corrected chi connectivity index (χ4v) is 16.5. The van der Waals surface area contributed by atoms with E-state index >= 15 is 0 Å². The number of para-hydroxylation sites is 2. The quantitative estimate of drug-likeness (QED) is 0.101. The van der Waals surface area contributed by atoms with Crippen molar-refractivity contribution < 1.29 is 0 Å². The van der Waals surface area contributed by atoms with Gasteiger partial charge in [-0.2, -0.15) is 5.26 Å². The van der Waals surface area contributed by atoms with Crippen molar-refractivity contribution in [1.82, 2.24) is 9.13 Å². The number of hydrogen-bond donors (Lipinski definition) is 0. The summed E-state index contributed by atoms with van der Waals surface area (Å²) in [5.41, 5.74) is 30.1. The Hall–Kier alpha value is -13.5. The van der Waals surface area contributed by atoms with Crippen molar-refractivity contribution >= 4 is 107 Å². The number of fused-ring (bicyclic) bond motifs is 10. The zero-order valence-corrected chi connectivity index (χ0v) is 57.1. The van der Waals surface area contributed by atoms with Gasteiger partial charge in [-0.05, 0) is 180 Å². The van der Waals surface area contributed by atoms with E-state index in [9.17, 15) is 5.26 Å². The molecule has 0 amide bonds. The van der Waals surface area contributed by atoms with E-state index in [0.717, 1.165) is 167 Å². The Morgan fingerprint density at radius 1 is 0.330 bits per heavy atom. The molecular weight excluding hydrogens is 1250 g/mol. The Morgan fingerprint density at radius 3 is 1.05 bits per heavy atom. The lowest BCUT2D eigenvalue weighted by Gasteiger charge is -2.46. The van der Waals surface area contributed by atoms with Gasteiger partial charge in [0, 0.05) is 66.8 Å². The molecule has 4 heterocycles. The SMILES string of the molecule is [C-]#[N+]c1cc(-c2ccccc2)c(N2c3cc(-n4c5ccc(-c6ccccc6)cc5c5cc(-c6ccccc6)ccc54)ccc3B3c4ccc(-n5c6ccccc6c6ccccc65)cc4N(c4c(-c5ccccc5)cc(C#N)cc4-c4ccccc4)c4cc(C(C)(C)C)cc2c43)c(-c2ccccc2)c1. The van der Waals surface area contributed by atoms with Crippen LogP contribution in [0.5, 0.6) is 0 Å². The highest BCUT2D eigenvalue weighted by Crippen LogP contribution is 2.55. The van der Waals surface area contributed by atoms with E-state index < -0.39 is 5.41 Å². The first-order valence-corrected chi connectivity index (χ1v) is 35.3. The highest BCUT2D eigenvalue weighted by molar-refractivity contribution is 7.00. The van der Waals surface area contributed by atoms with E-state index in [1.54, 1.807) is 0 Å². The Labute approximate surface area is 599 Å². The Bertz CT molecular complexity index is 6090. The van der Waals surface area contributed by atoms with Gasteiger partial charge in [0.25, 0.3) is 6.71 Å². The van der Waals surface area contributed by atoms with Crippen LogP contribution in [0, 0.1) is 17.9 Å². The molecule has 17 aromatic rings. The summed E-state index contributed by atoms with van der Waals surface area (Å²) in [6, 6.07) is 126. The maximum Gasteiger partial charge on any atom is 0.252 e. The molecule has 0 N–H and O–H groups in total. The van der Waals surface area contributed by atoms with Gasteiger partial charge in [0.15, 0.2) is 5.69 Å². The van der Waals surface area contributed by atoms with Crippen LogP contribution in [0.4, 0.5) is 39.8 Å². The predicted molar refractivity (Wildman–Crippen MR) is 431 cm³/mol. The largest absolute Gasteiger partial charge is 0.310 e. The molecule has 7 heteroatoms. The van der Waals surface area contributed by atoms with Crippen LogP contribution >= 0.6 is 0 Å². The lowest BCUT2D eigenvalue weighted by molar-refractivity contribution is 0.590. The second kappa shape index (κ2) is 24.2. The predicted octanol–water partition coefficient (Wildman–Crippen LogP) is 23.7. The van der Waals surface area contributed by atoms with Gasteiger partial charge in [0.2, 0.25) is 0 Å². The van der Waals surface area contributed by atoms with Crippen molar-refractivity contribution in [1.29, 1.82) is 5.26 Å². The molecule has 0 radical (unpaired) electrons. The van der Waals surface area contributed by atoms with Crippen LogP contribution in [-0.4, -0.2) is 15.8 Å².